The van der Waals surface area contributed by atoms with E-state index in [1.165, 1.54) is 5.56 Å². The molecule has 4 aromatic rings. The summed E-state index contributed by atoms with van der Waals surface area (Å²) in [6.07, 6.45) is 0. The number of hydrogen-bond acceptors (Lipinski definition) is 5. The van der Waals surface area contributed by atoms with Crippen molar-refractivity contribution in [1.29, 1.82) is 0 Å². The van der Waals surface area contributed by atoms with E-state index in [9.17, 15) is 0 Å². The van der Waals surface area contributed by atoms with Crippen LogP contribution in [0.4, 0.5) is 5.82 Å². The predicted molar refractivity (Wildman–Crippen MR) is 131 cm³/mol. The maximum Gasteiger partial charge on any atom is 0.159 e. The lowest BCUT2D eigenvalue weighted by molar-refractivity contribution is 0.395. The molecule has 4 rings (SSSR count). The highest BCUT2D eigenvalue weighted by molar-refractivity contribution is 6.01. The Balaban J connectivity index is 1.86. The van der Waals surface area contributed by atoms with Gasteiger partial charge in [0.2, 0.25) is 0 Å². The van der Waals surface area contributed by atoms with E-state index in [-0.39, 0.29) is 6.04 Å². The number of nitrogens with zero attached hydrogens (tertiary/aromatic N) is 3. The van der Waals surface area contributed by atoms with Gasteiger partial charge in [0, 0.05) is 29.4 Å². The third kappa shape index (κ3) is 3.98. The topological polar surface area (TPSA) is 47.5 Å². The maximum absolute atomic E-state index is 5.64. The molecule has 0 saturated carbocycles. The van der Waals surface area contributed by atoms with Crippen molar-refractivity contribution < 1.29 is 9.47 Å². The molecule has 0 N–H and O–H groups in total. The standard InChI is InChI=1S/C27H29N3O2/c1-18(2)26(19-11-7-6-8-12-19)30(3)27-22-14-10-9-13-21(22)25(28-29-27)23-16-15-20(31-4)17-24(23)32-5/h6-18,26H,1-5H3. The average molecular weight is 428 g/mol. The second-order valence-corrected chi connectivity index (χ2v) is 8.19. The first kappa shape index (κ1) is 21.6. The summed E-state index contributed by atoms with van der Waals surface area (Å²) in [7, 11) is 5.40. The molecule has 0 fully saturated rings. The minimum atomic E-state index is 0.176. The monoisotopic (exact) mass is 427 g/mol. The lowest BCUT2D eigenvalue weighted by Crippen LogP contribution is -2.29. The van der Waals surface area contributed by atoms with E-state index in [0.29, 0.717) is 11.7 Å². The molecule has 0 aliphatic carbocycles. The molecule has 1 unspecified atom stereocenters. The van der Waals surface area contributed by atoms with Crippen LogP contribution in [0.2, 0.25) is 0 Å². The normalized spacial score (nSPS) is 12.1. The number of ether oxygens (including phenoxy) is 2. The second kappa shape index (κ2) is 9.27. The van der Waals surface area contributed by atoms with Crippen LogP contribution in [0.5, 0.6) is 11.5 Å². The van der Waals surface area contributed by atoms with Crippen molar-refractivity contribution in [3.63, 3.8) is 0 Å². The van der Waals surface area contributed by atoms with Crippen LogP contribution in [0.1, 0.15) is 25.5 Å². The van der Waals surface area contributed by atoms with Crippen LogP contribution in [0.15, 0.2) is 72.8 Å². The van der Waals surface area contributed by atoms with Gasteiger partial charge in [0.1, 0.15) is 17.2 Å². The van der Waals surface area contributed by atoms with Crippen molar-refractivity contribution >= 4 is 16.6 Å². The molecule has 0 radical (unpaired) electrons. The summed E-state index contributed by atoms with van der Waals surface area (Å²) < 4.78 is 11.0. The summed E-state index contributed by atoms with van der Waals surface area (Å²) in [6.45, 7) is 4.47. The lowest BCUT2D eigenvalue weighted by atomic mass is 9.94. The summed E-state index contributed by atoms with van der Waals surface area (Å²) in [6, 6.07) is 24.8. The smallest absolute Gasteiger partial charge is 0.159 e. The molecule has 1 aromatic heterocycles. The Kier molecular flexibility index (Phi) is 6.26. The van der Waals surface area contributed by atoms with Crippen molar-refractivity contribution in [3.8, 4) is 22.8 Å². The van der Waals surface area contributed by atoms with E-state index in [4.69, 9.17) is 14.6 Å². The van der Waals surface area contributed by atoms with Gasteiger partial charge in [-0.3, -0.25) is 0 Å². The molecule has 0 saturated heterocycles. The molecular formula is C27H29N3O2. The van der Waals surface area contributed by atoms with Gasteiger partial charge in [0.15, 0.2) is 5.82 Å². The minimum absolute atomic E-state index is 0.176. The van der Waals surface area contributed by atoms with Crippen molar-refractivity contribution in [2.75, 3.05) is 26.2 Å². The Morgan fingerprint density at radius 2 is 1.47 bits per heavy atom. The third-order valence-corrected chi connectivity index (χ3v) is 5.86. The van der Waals surface area contributed by atoms with Gasteiger partial charge < -0.3 is 14.4 Å². The predicted octanol–water partition coefficient (Wildman–Crippen LogP) is 6.15. The summed E-state index contributed by atoms with van der Waals surface area (Å²) in [4.78, 5) is 2.24. The average Bonchev–Trinajstić information content (AvgIpc) is 2.83. The lowest BCUT2D eigenvalue weighted by Gasteiger charge is -2.33. The minimum Gasteiger partial charge on any atom is -0.497 e. The van der Waals surface area contributed by atoms with E-state index in [0.717, 1.165) is 33.6 Å². The molecule has 5 nitrogen and oxygen atoms in total. The first-order chi connectivity index (χ1) is 15.5. The van der Waals surface area contributed by atoms with Crippen LogP contribution in [0, 0.1) is 5.92 Å². The quantitative estimate of drug-likeness (QED) is 0.354. The molecule has 3 aromatic carbocycles. The molecule has 1 atom stereocenters. The van der Waals surface area contributed by atoms with E-state index >= 15 is 0 Å². The SMILES string of the molecule is COc1ccc(-c2nnc(N(C)C(c3ccccc3)C(C)C)c3ccccc23)c(OC)c1. The van der Waals surface area contributed by atoms with E-state index < -0.39 is 0 Å². The van der Waals surface area contributed by atoms with Gasteiger partial charge >= 0.3 is 0 Å². The number of aromatic nitrogens is 2. The number of hydrogen-bond donors (Lipinski definition) is 0. The van der Waals surface area contributed by atoms with Crippen molar-refractivity contribution in [3.05, 3.63) is 78.4 Å². The molecule has 0 amide bonds. The zero-order valence-electron chi connectivity index (χ0n) is 19.2. The van der Waals surface area contributed by atoms with Gasteiger partial charge in [-0.25, -0.2) is 0 Å². The Bertz CT molecular complexity index is 1210. The fraction of sp³-hybridized carbons (Fsp3) is 0.259. The number of fused-ring (bicyclic) bond motifs is 1. The fourth-order valence-electron chi connectivity index (χ4n) is 4.38. The van der Waals surface area contributed by atoms with Crippen LogP contribution in [-0.2, 0) is 0 Å². The van der Waals surface area contributed by atoms with Gasteiger partial charge in [-0.2, -0.15) is 0 Å². The first-order valence-corrected chi connectivity index (χ1v) is 10.8. The molecule has 0 bridgehead atoms. The van der Waals surface area contributed by atoms with Crippen LogP contribution < -0.4 is 14.4 Å². The molecule has 5 heteroatoms. The van der Waals surface area contributed by atoms with Crippen LogP contribution >= 0.6 is 0 Å². The van der Waals surface area contributed by atoms with Crippen molar-refractivity contribution in [2.24, 2.45) is 5.92 Å². The van der Waals surface area contributed by atoms with Crippen LogP contribution in [0.3, 0.4) is 0 Å². The summed E-state index contributed by atoms with van der Waals surface area (Å²) in [5.74, 6) is 2.69. The molecule has 0 spiro atoms. The zero-order chi connectivity index (χ0) is 22.7. The molecule has 32 heavy (non-hydrogen) atoms. The van der Waals surface area contributed by atoms with Crippen molar-refractivity contribution in [2.45, 2.75) is 19.9 Å². The summed E-state index contributed by atoms with van der Waals surface area (Å²) >= 11 is 0. The van der Waals surface area contributed by atoms with Crippen molar-refractivity contribution in [1.82, 2.24) is 10.2 Å². The Hall–Kier alpha value is -3.60. The Labute approximate surface area is 189 Å². The zero-order valence-corrected chi connectivity index (χ0v) is 19.2. The Morgan fingerprint density at radius 3 is 2.12 bits per heavy atom. The number of benzene rings is 3. The fourth-order valence-corrected chi connectivity index (χ4v) is 4.38. The largest absolute Gasteiger partial charge is 0.497 e. The van der Waals surface area contributed by atoms with Crippen LogP contribution in [0.25, 0.3) is 22.0 Å². The molecular weight excluding hydrogens is 398 g/mol. The summed E-state index contributed by atoms with van der Waals surface area (Å²) in [5, 5.41) is 11.5. The Morgan fingerprint density at radius 1 is 0.781 bits per heavy atom. The highest BCUT2D eigenvalue weighted by Gasteiger charge is 2.25. The van der Waals surface area contributed by atoms with Gasteiger partial charge in [0.05, 0.1) is 20.3 Å². The van der Waals surface area contributed by atoms with Gasteiger partial charge in [-0.15, -0.1) is 10.2 Å². The maximum atomic E-state index is 5.64. The third-order valence-electron chi connectivity index (χ3n) is 5.86. The van der Waals surface area contributed by atoms with E-state index in [1.54, 1.807) is 14.2 Å². The van der Waals surface area contributed by atoms with E-state index in [2.05, 4.69) is 67.3 Å². The van der Waals surface area contributed by atoms with E-state index in [1.807, 2.05) is 36.4 Å². The molecule has 164 valence electrons. The molecule has 1 heterocycles. The second-order valence-electron chi connectivity index (χ2n) is 8.19. The molecule has 0 aliphatic rings. The number of methoxy groups -OCH3 is 2. The number of rotatable bonds is 7. The summed E-state index contributed by atoms with van der Waals surface area (Å²) in [5.41, 5.74) is 2.93. The van der Waals surface area contributed by atoms with Crippen LogP contribution in [-0.4, -0.2) is 31.5 Å². The first-order valence-electron chi connectivity index (χ1n) is 10.8. The molecule has 0 aliphatic heterocycles. The van der Waals surface area contributed by atoms with Gasteiger partial charge in [0.25, 0.3) is 0 Å². The highest BCUT2D eigenvalue weighted by Crippen LogP contribution is 2.39. The van der Waals surface area contributed by atoms with Gasteiger partial charge in [-0.05, 0) is 23.6 Å². The van der Waals surface area contributed by atoms with Gasteiger partial charge in [-0.1, -0.05) is 68.4 Å². The number of anilines is 1. The highest BCUT2D eigenvalue weighted by atomic mass is 16.5.